The summed E-state index contributed by atoms with van der Waals surface area (Å²) in [4.78, 5) is 68.5. The smallest absolute Gasteiger partial charge is 0.408 e. The summed E-state index contributed by atoms with van der Waals surface area (Å²) in [6, 6.07) is 11.2. The Morgan fingerprint density at radius 2 is 1.58 bits per heavy atom. The maximum atomic E-state index is 13.4. The number of anilines is 1. The number of carbonyl (C=O) groups excluding carboxylic acids is 4. The first kappa shape index (κ1) is 37.0. The van der Waals surface area contributed by atoms with Gasteiger partial charge in [0, 0.05) is 36.2 Å². The van der Waals surface area contributed by atoms with Crippen LogP contribution in [-0.4, -0.2) is 71.8 Å². The highest BCUT2D eigenvalue weighted by molar-refractivity contribution is 6.00. The average molecular weight is 666 g/mol. The van der Waals surface area contributed by atoms with E-state index in [1.807, 2.05) is 0 Å². The Balaban J connectivity index is 1.77. The number of nitrogens with one attached hydrogen (secondary N) is 4. The second kappa shape index (κ2) is 16.9. The van der Waals surface area contributed by atoms with Crippen molar-refractivity contribution >= 4 is 46.4 Å². The molecule has 0 saturated heterocycles. The van der Waals surface area contributed by atoms with E-state index in [2.05, 4.69) is 26.3 Å². The second-order valence-electron chi connectivity index (χ2n) is 12.1. The molecule has 4 amide bonds. The van der Waals surface area contributed by atoms with Crippen LogP contribution in [0.3, 0.4) is 0 Å². The predicted octanol–water partition coefficient (Wildman–Crippen LogP) is 1.19. The van der Waals surface area contributed by atoms with Crippen molar-refractivity contribution in [2.45, 2.75) is 70.7 Å². The Morgan fingerprint density at radius 3 is 2.23 bits per heavy atom. The Labute approximate surface area is 277 Å². The molecular weight excluding hydrogens is 622 g/mol. The maximum Gasteiger partial charge on any atom is 0.408 e. The quantitative estimate of drug-likeness (QED) is 0.0561. The number of aliphatic imine (C=N–C) groups is 1. The van der Waals surface area contributed by atoms with Gasteiger partial charge < -0.3 is 47.0 Å². The number of aliphatic hydroxyl groups excluding tert-OH is 1. The van der Waals surface area contributed by atoms with E-state index in [-0.39, 0.29) is 37.3 Å². The first-order valence-corrected chi connectivity index (χ1v) is 15.3. The molecule has 0 saturated carbocycles. The summed E-state index contributed by atoms with van der Waals surface area (Å²) in [6.07, 6.45) is -0.410. The van der Waals surface area contributed by atoms with E-state index in [1.165, 1.54) is 12.1 Å². The summed E-state index contributed by atoms with van der Waals surface area (Å²) < 4.78 is 10.6. The summed E-state index contributed by atoms with van der Waals surface area (Å²) in [7, 11) is 0. The normalized spacial score (nSPS) is 13.0. The van der Waals surface area contributed by atoms with E-state index in [1.54, 1.807) is 70.2 Å². The van der Waals surface area contributed by atoms with Crippen molar-refractivity contribution in [3.8, 4) is 0 Å². The maximum absolute atomic E-state index is 13.4. The molecule has 15 nitrogen and oxygen atoms in total. The van der Waals surface area contributed by atoms with Crippen molar-refractivity contribution in [3.63, 3.8) is 0 Å². The molecule has 0 spiro atoms. The van der Waals surface area contributed by atoms with E-state index in [0.717, 1.165) is 5.56 Å². The second-order valence-corrected chi connectivity index (χ2v) is 12.1. The number of hydrogen-bond donors (Lipinski definition) is 7. The minimum absolute atomic E-state index is 0.0624. The Hall–Kier alpha value is -5.44. The first-order valence-electron chi connectivity index (χ1n) is 15.3. The van der Waals surface area contributed by atoms with Crippen molar-refractivity contribution in [3.05, 3.63) is 76.1 Å². The first-order chi connectivity index (χ1) is 22.6. The summed E-state index contributed by atoms with van der Waals surface area (Å²) in [5.41, 5.74) is 11.4. The van der Waals surface area contributed by atoms with E-state index in [4.69, 9.17) is 20.6 Å². The zero-order valence-electron chi connectivity index (χ0n) is 27.4. The number of rotatable bonds is 14. The number of nitrogens with zero attached hydrogens (tertiary/aromatic N) is 1. The van der Waals surface area contributed by atoms with Crippen LogP contribution < -0.4 is 38.4 Å². The number of fused-ring (bicyclic) bond motifs is 1. The summed E-state index contributed by atoms with van der Waals surface area (Å²) >= 11 is 0. The number of aryl methyl sites for hydroxylation is 1. The zero-order valence-corrected chi connectivity index (χ0v) is 27.4. The Bertz CT molecular complexity index is 1680. The predicted molar refractivity (Wildman–Crippen MR) is 180 cm³/mol. The molecule has 0 bridgehead atoms. The molecule has 0 radical (unpaired) electrons. The van der Waals surface area contributed by atoms with Gasteiger partial charge in [0.1, 0.15) is 29.3 Å². The fourth-order valence-corrected chi connectivity index (χ4v) is 4.65. The molecule has 3 aromatic rings. The molecule has 9 N–H and O–H groups in total. The minimum Gasteiger partial charge on any atom is -0.444 e. The van der Waals surface area contributed by atoms with Crippen molar-refractivity contribution in [2.24, 2.45) is 16.5 Å². The van der Waals surface area contributed by atoms with Crippen LogP contribution in [0.2, 0.25) is 0 Å². The van der Waals surface area contributed by atoms with Gasteiger partial charge in [0.15, 0.2) is 5.96 Å². The fourth-order valence-electron chi connectivity index (χ4n) is 4.65. The van der Waals surface area contributed by atoms with Gasteiger partial charge in [-0.05, 0) is 63.8 Å². The van der Waals surface area contributed by atoms with Gasteiger partial charge in [-0.25, -0.2) is 9.59 Å². The lowest BCUT2D eigenvalue weighted by molar-refractivity contribution is -0.132. The summed E-state index contributed by atoms with van der Waals surface area (Å²) in [6.45, 7) is 6.13. The lowest BCUT2D eigenvalue weighted by atomic mass is 10.0. The largest absolute Gasteiger partial charge is 0.444 e. The molecule has 0 aliphatic heterocycles. The third kappa shape index (κ3) is 11.7. The van der Waals surface area contributed by atoms with Crippen LogP contribution in [0.4, 0.5) is 10.5 Å². The average Bonchev–Trinajstić information content (AvgIpc) is 2.99. The molecule has 1 heterocycles. The Kier molecular flexibility index (Phi) is 13.1. The molecule has 2 aromatic carbocycles. The molecule has 0 aliphatic rings. The Morgan fingerprint density at radius 1 is 0.917 bits per heavy atom. The third-order valence-electron chi connectivity index (χ3n) is 6.90. The van der Waals surface area contributed by atoms with Crippen LogP contribution in [-0.2, 0) is 25.5 Å². The van der Waals surface area contributed by atoms with Crippen molar-refractivity contribution < 1.29 is 33.4 Å². The molecular formula is C33H43N7O8. The molecule has 0 fully saturated rings. The molecule has 0 aliphatic carbocycles. The number of amides is 4. The van der Waals surface area contributed by atoms with Crippen LogP contribution in [0.5, 0.6) is 0 Å². The van der Waals surface area contributed by atoms with Crippen LogP contribution >= 0.6 is 0 Å². The standard InChI is InChI=1S/C33H43N7O8/c1-19-15-27(42)47-26-17-21(12-13-22(19)26)37-28(43)23(11-8-14-36-31(34)35)38-30(45)25(18-41)39-29(44)24(16-20-9-6-5-7-10-20)40-32(46)48-33(2,3)4/h5-7,9-10,12-13,15,17,23-25,41H,8,11,14,16,18H2,1-4H3,(H,37,43)(H,38,45)(H,39,44)(H,40,46)(H4,34,35,36)/t23-,24-,25-/m0/s1. The lowest BCUT2D eigenvalue weighted by Gasteiger charge is -2.26. The van der Waals surface area contributed by atoms with Crippen LogP contribution in [0.25, 0.3) is 11.0 Å². The van der Waals surface area contributed by atoms with Gasteiger partial charge in [-0.3, -0.25) is 19.4 Å². The number of nitrogens with two attached hydrogens (primary N) is 2. The number of ether oxygens (including phenoxy) is 1. The van der Waals surface area contributed by atoms with Crippen molar-refractivity contribution in [1.29, 1.82) is 0 Å². The van der Waals surface area contributed by atoms with Gasteiger partial charge >= 0.3 is 11.7 Å². The zero-order chi connectivity index (χ0) is 35.4. The van der Waals surface area contributed by atoms with Gasteiger partial charge in [-0.2, -0.15) is 0 Å². The topological polar surface area (TPSA) is 240 Å². The van der Waals surface area contributed by atoms with Crippen molar-refractivity contribution in [1.82, 2.24) is 16.0 Å². The molecule has 15 heteroatoms. The summed E-state index contributed by atoms with van der Waals surface area (Å²) in [5.74, 6) is -2.38. The SMILES string of the molecule is Cc1cc(=O)oc2cc(NC(=O)[C@H](CCCN=C(N)N)NC(=O)[C@H](CO)NC(=O)[C@H](Cc3ccccc3)NC(=O)OC(C)(C)C)ccc12. The summed E-state index contributed by atoms with van der Waals surface area (Å²) in [5, 5.41) is 21.0. The number of carbonyl (C=O) groups is 4. The van der Waals surface area contributed by atoms with Crippen LogP contribution in [0.1, 0.15) is 44.7 Å². The van der Waals surface area contributed by atoms with Gasteiger partial charge in [0.2, 0.25) is 17.7 Å². The van der Waals surface area contributed by atoms with E-state index < -0.39 is 59.8 Å². The van der Waals surface area contributed by atoms with Gasteiger partial charge in [-0.15, -0.1) is 0 Å². The van der Waals surface area contributed by atoms with Gasteiger partial charge in [0.25, 0.3) is 0 Å². The highest BCUT2D eigenvalue weighted by atomic mass is 16.6. The minimum atomic E-state index is -1.48. The molecule has 3 rings (SSSR count). The molecule has 3 atom stereocenters. The highest BCUT2D eigenvalue weighted by Gasteiger charge is 2.30. The molecule has 48 heavy (non-hydrogen) atoms. The van der Waals surface area contributed by atoms with E-state index >= 15 is 0 Å². The van der Waals surface area contributed by atoms with Crippen molar-refractivity contribution in [2.75, 3.05) is 18.5 Å². The van der Waals surface area contributed by atoms with Crippen LogP contribution in [0, 0.1) is 6.92 Å². The van der Waals surface area contributed by atoms with E-state index in [0.29, 0.717) is 16.6 Å². The molecule has 258 valence electrons. The number of aliphatic hydroxyl groups is 1. The number of guanidine groups is 1. The third-order valence-corrected chi connectivity index (χ3v) is 6.90. The fraction of sp³-hybridized carbons (Fsp3) is 0.394. The lowest BCUT2D eigenvalue weighted by Crippen LogP contribution is -2.58. The number of benzene rings is 2. The monoisotopic (exact) mass is 665 g/mol. The number of alkyl carbamates (subject to hydrolysis) is 1. The number of hydrogen-bond acceptors (Lipinski definition) is 9. The highest BCUT2D eigenvalue weighted by Crippen LogP contribution is 2.21. The van der Waals surface area contributed by atoms with Gasteiger partial charge in [-0.1, -0.05) is 30.3 Å². The van der Waals surface area contributed by atoms with Gasteiger partial charge in [0.05, 0.1) is 6.61 Å². The molecule has 0 unspecified atom stereocenters. The van der Waals surface area contributed by atoms with E-state index in [9.17, 15) is 29.1 Å². The molecule has 1 aromatic heterocycles. The van der Waals surface area contributed by atoms with Crippen LogP contribution in [0.15, 0.2) is 68.8 Å².